The average Bonchev–Trinajstić information content (AvgIpc) is 3.50. The van der Waals surface area contributed by atoms with E-state index in [1.165, 1.54) is 4.90 Å². The summed E-state index contributed by atoms with van der Waals surface area (Å²) >= 11 is 0. The van der Waals surface area contributed by atoms with Gasteiger partial charge in [0, 0.05) is 28.6 Å². The molecule has 0 atom stereocenters. The molecule has 0 N–H and O–H groups in total. The second-order valence-corrected chi connectivity index (χ2v) is 8.04. The third-order valence-electron chi connectivity index (χ3n) is 5.78. The highest BCUT2D eigenvalue weighted by Crippen LogP contribution is 2.28. The number of hydrogen-bond donors (Lipinski definition) is 0. The van der Waals surface area contributed by atoms with Crippen LogP contribution in [0.3, 0.4) is 0 Å². The van der Waals surface area contributed by atoms with Crippen molar-refractivity contribution >= 4 is 23.6 Å². The van der Waals surface area contributed by atoms with Crippen molar-refractivity contribution in [3.63, 3.8) is 0 Å². The Morgan fingerprint density at radius 1 is 0.971 bits per heavy atom. The van der Waals surface area contributed by atoms with Gasteiger partial charge in [-0.05, 0) is 48.9 Å². The smallest absolute Gasteiger partial charge is 0.414 e. The number of para-hydroxylation sites is 1. The van der Waals surface area contributed by atoms with E-state index in [1.54, 1.807) is 36.4 Å². The van der Waals surface area contributed by atoms with Crippen LogP contribution in [0.4, 0.5) is 10.5 Å². The summed E-state index contributed by atoms with van der Waals surface area (Å²) in [6.07, 6.45) is 4.89. The van der Waals surface area contributed by atoms with Gasteiger partial charge in [-0.15, -0.1) is 0 Å². The Bertz CT molecular complexity index is 1390. The van der Waals surface area contributed by atoms with Crippen molar-refractivity contribution in [2.45, 2.75) is 6.92 Å². The number of amides is 1. The van der Waals surface area contributed by atoms with E-state index in [1.807, 2.05) is 72.4 Å². The van der Waals surface area contributed by atoms with E-state index >= 15 is 0 Å². The van der Waals surface area contributed by atoms with E-state index in [-0.39, 0.29) is 5.78 Å². The van der Waals surface area contributed by atoms with E-state index in [2.05, 4.69) is 0 Å². The maximum Gasteiger partial charge on any atom is 0.414 e. The van der Waals surface area contributed by atoms with Crippen molar-refractivity contribution in [1.82, 2.24) is 9.78 Å². The molecule has 0 aliphatic carbocycles. The van der Waals surface area contributed by atoms with Crippen molar-refractivity contribution in [2.24, 2.45) is 0 Å². The molecule has 6 nitrogen and oxygen atoms in total. The average molecular weight is 450 g/mol. The van der Waals surface area contributed by atoms with Crippen LogP contribution >= 0.6 is 0 Å². The fraction of sp³-hybridized carbons (Fsp3) is 0.107. The largest absolute Gasteiger partial charge is 0.447 e. The number of aromatic nitrogens is 2. The number of hydrogen-bond acceptors (Lipinski definition) is 4. The number of ketones is 1. The molecule has 1 saturated heterocycles. The lowest BCUT2D eigenvalue weighted by molar-refractivity contribution is 0.104. The van der Waals surface area contributed by atoms with Gasteiger partial charge in [-0.2, -0.15) is 5.10 Å². The van der Waals surface area contributed by atoms with Gasteiger partial charge in [-0.25, -0.2) is 9.48 Å². The number of aryl methyl sites for hydroxylation is 1. The number of anilines is 1. The highest BCUT2D eigenvalue weighted by Gasteiger charge is 2.24. The maximum atomic E-state index is 13.0. The second kappa shape index (κ2) is 9.19. The summed E-state index contributed by atoms with van der Waals surface area (Å²) in [4.78, 5) is 26.4. The number of carbonyl (C=O) groups excluding carboxylic acids is 2. The molecule has 0 saturated carbocycles. The van der Waals surface area contributed by atoms with Crippen LogP contribution in [0.1, 0.15) is 21.5 Å². The fourth-order valence-electron chi connectivity index (χ4n) is 3.99. The predicted molar refractivity (Wildman–Crippen MR) is 132 cm³/mol. The van der Waals surface area contributed by atoms with Gasteiger partial charge in [-0.3, -0.25) is 9.69 Å². The molecule has 0 spiro atoms. The van der Waals surface area contributed by atoms with Crippen molar-refractivity contribution in [3.05, 3.63) is 108 Å². The first-order valence-electron chi connectivity index (χ1n) is 11.1. The predicted octanol–water partition coefficient (Wildman–Crippen LogP) is 5.70. The third-order valence-corrected chi connectivity index (χ3v) is 5.78. The summed E-state index contributed by atoms with van der Waals surface area (Å²) < 4.78 is 6.83. The standard InChI is InChI=1S/C28H23N3O3/c1-20-8-5-6-13-25(20)27-22(19-31(29-27)23-10-3-2-4-11-23)14-15-26(32)21-9-7-12-24(18-21)30-16-17-34-28(30)33/h2-15,18-19H,16-17H2,1H3/b15-14+. The number of allylic oxidation sites excluding steroid dienone is 1. The zero-order valence-electron chi connectivity index (χ0n) is 18.7. The van der Waals surface area contributed by atoms with Gasteiger partial charge < -0.3 is 4.74 Å². The number of nitrogens with zero attached hydrogens (tertiary/aromatic N) is 3. The number of rotatable bonds is 6. The van der Waals surface area contributed by atoms with Crippen LogP contribution in [0.2, 0.25) is 0 Å². The van der Waals surface area contributed by atoms with Crippen LogP contribution in [-0.2, 0) is 4.74 Å². The number of carbonyl (C=O) groups is 2. The molecule has 0 bridgehead atoms. The minimum atomic E-state index is -0.392. The number of ether oxygens (including phenoxy) is 1. The van der Waals surface area contributed by atoms with Crippen molar-refractivity contribution in [1.29, 1.82) is 0 Å². The lowest BCUT2D eigenvalue weighted by Gasteiger charge is -2.13. The van der Waals surface area contributed by atoms with Gasteiger partial charge in [0.25, 0.3) is 0 Å². The lowest BCUT2D eigenvalue weighted by Crippen LogP contribution is -2.23. The SMILES string of the molecule is Cc1ccccc1-c1nn(-c2ccccc2)cc1/C=C/C(=O)c1cccc(N2CCOC2=O)c1. The van der Waals surface area contributed by atoms with Gasteiger partial charge in [0.1, 0.15) is 12.3 Å². The summed E-state index contributed by atoms with van der Waals surface area (Å²) in [5.74, 6) is -0.155. The minimum absolute atomic E-state index is 0.155. The van der Waals surface area contributed by atoms with Crippen molar-refractivity contribution in [3.8, 4) is 16.9 Å². The molecule has 1 aliphatic rings. The molecule has 34 heavy (non-hydrogen) atoms. The summed E-state index contributed by atoms with van der Waals surface area (Å²) in [6.45, 7) is 2.87. The first-order chi connectivity index (χ1) is 16.6. The summed E-state index contributed by atoms with van der Waals surface area (Å²) in [6, 6.07) is 25.0. The third kappa shape index (κ3) is 4.26. The van der Waals surface area contributed by atoms with Crippen LogP contribution in [0, 0.1) is 6.92 Å². The lowest BCUT2D eigenvalue weighted by atomic mass is 10.0. The Morgan fingerprint density at radius 3 is 2.50 bits per heavy atom. The molecule has 0 radical (unpaired) electrons. The van der Waals surface area contributed by atoms with Crippen LogP contribution in [-0.4, -0.2) is 34.8 Å². The van der Waals surface area contributed by atoms with Crippen LogP contribution < -0.4 is 4.90 Å². The zero-order valence-corrected chi connectivity index (χ0v) is 18.7. The van der Waals surface area contributed by atoms with Crippen LogP contribution in [0.15, 0.2) is 91.1 Å². The highest BCUT2D eigenvalue weighted by molar-refractivity contribution is 6.08. The molecule has 5 rings (SSSR count). The van der Waals surface area contributed by atoms with E-state index in [0.29, 0.717) is 24.4 Å². The maximum absolute atomic E-state index is 13.0. The molecule has 1 aromatic heterocycles. The van der Waals surface area contributed by atoms with Crippen molar-refractivity contribution in [2.75, 3.05) is 18.1 Å². The van der Waals surface area contributed by atoms with Gasteiger partial charge in [-0.1, -0.05) is 54.6 Å². The summed E-state index contributed by atoms with van der Waals surface area (Å²) in [5, 5.41) is 4.83. The zero-order chi connectivity index (χ0) is 23.5. The van der Waals surface area contributed by atoms with Crippen molar-refractivity contribution < 1.29 is 14.3 Å². The topological polar surface area (TPSA) is 64.4 Å². The van der Waals surface area contributed by atoms with Gasteiger partial charge >= 0.3 is 6.09 Å². The molecule has 1 amide bonds. The number of cyclic esters (lactones) is 1. The van der Waals surface area contributed by atoms with Crippen LogP contribution in [0.5, 0.6) is 0 Å². The first-order valence-corrected chi connectivity index (χ1v) is 11.1. The minimum Gasteiger partial charge on any atom is -0.447 e. The van der Waals surface area contributed by atoms with E-state index in [4.69, 9.17) is 9.84 Å². The molecule has 4 aromatic rings. The molecule has 3 aromatic carbocycles. The number of benzene rings is 3. The van der Waals surface area contributed by atoms with Crippen LogP contribution in [0.25, 0.3) is 23.0 Å². The molecule has 6 heteroatoms. The molecular formula is C28H23N3O3. The van der Waals surface area contributed by atoms with Gasteiger partial charge in [0.15, 0.2) is 5.78 Å². The second-order valence-electron chi connectivity index (χ2n) is 8.04. The highest BCUT2D eigenvalue weighted by atomic mass is 16.6. The molecule has 168 valence electrons. The van der Waals surface area contributed by atoms with Gasteiger partial charge in [0.05, 0.1) is 12.2 Å². The molecule has 0 unspecified atom stereocenters. The van der Waals surface area contributed by atoms with E-state index in [9.17, 15) is 9.59 Å². The van der Waals surface area contributed by atoms with E-state index < -0.39 is 6.09 Å². The Labute approximate surface area is 197 Å². The Morgan fingerprint density at radius 2 is 1.74 bits per heavy atom. The Kier molecular flexibility index (Phi) is 5.79. The Hall–Kier alpha value is -4.45. The normalized spacial score (nSPS) is 13.4. The quantitative estimate of drug-likeness (QED) is 0.280. The molecule has 1 aliphatic heterocycles. The molecular weight excluding hydrogens is 426 g/mol. The first kappa shape index (κ1) is 21.4. The van der Waals surface area contributed by atoms with E-state index in [0.717, 1.165) is 28.1 Å². The summed E-state index contributed by atoms with van der Waals surface area (Å²) in [5.41, 5.74) is 5.85. The molecule has 2 heterocycles. The molecule has 1 fully saturated rings. The monoisotopic (exact) mass is 449 g/mol. The van der Waals surface area contributed by atoms with Gasteiger partial charge in [0.2, 0.25) is 0 Å². The fourth-order valence-corrected chi connectivity index (χ4v) is 3.99. The Balaban J connectivity index is 1.48. The summed E-state index contributed by atoms with van der Waals surface area (Å²) in [7, 11) is 0.